The lowest BCUT2D eigenvalue weighted by Crippen LogP contribution is -2.32. The van der Waals surface area contributed by atoms with Gasteiger partial charge in [0.25, 0.3) is 0 Å². The summed E-state index contributed by atoms with van der Waals surface area (Å²) in [5, 5.41) is 0.392. The van der Waals surface area contributed by atoms with Gasteiger partial charge in [-0.05, 0) is 17.7 Å². The molecule has 0 saturated carbocycles. The first-order valence-corrected chi connectivity index (χ1v) is 5.41. The van der Waals surface area contributed by atoms with Crippen molar-refractivity contribution in [3.63, 3.8) is 0 Å². The Morgan fingerprint density at radius 1 is 1.12 bits per heavy atom. The van der Waals surface area contributed by atoms with E-state index in [-0.39, 0.29) is 18.8 Å². The summed E-state index contributed by atoms with van der Waals surface area (Å²) in [6, 6.07) is 5.52. The van der Waals surface area contributed by atoms with Crippen molar-refractivity contribution in [2.75, 3.05) is 13.2 Å². The molecule has 6 heteroatoms. The summed E-state index contributed by atoms with van der Waals surface area (Å²) < 4.78 is 48.8. The minimum absolute atomic E-state index is 0.0915. The van der Waals surface area contributed by atoms with E-state index in [9.17, 15) is 13.2 Å². The summed E-state index contributed by atoms with van der Waals surface area (Å²) in [6.45, 7) is 0.371. The van der Waals surface area contributed by atoms with Crippen LogP contribution in [-0.4, -0.2) is 25.7 Å². The third-order valence-electron chi connectivity index (χ3n) is 2.50. The van der Waals surface area contributed by atoms with E-state index in [2.05, 4.69) is 0 Å². The highest BCUT2D eigenvalue weighted by Gasteiger charge is 2.48. The van der Waals surface area contributed by atoms with Crippen molar-refractivity contribution in [3.8, 4) is 0 Å². The normalized spacial score (nSPS) is 19.5. The monoisotopic (exact) mass is 266 g/mol. The molecule has 0 radical (unpaired) electrons. The second-order valence-corrected chi connectivity index (χ2v) is 4.12. The maximum atomic E-state index is 13.0. The Morgan fingerprint density at radius 3 is 2.12 bits per heavy atom. The zero-order valence-electron chi connectivity index (χ0n) is 8.71. The van der Waals surface area contributed by atoms with E-state index >= 15 is 0 Å². The molecule has 2 nitrogen and oxygen atoms in total. The molecule has 1 aliphatic heterocycles. The molecule has 94 valence electrons. The summed E-state index contributed by atoms with van der Waals surface area (Å²) in [7, 11) is 0. The molecule has 0 aromatic heterocycles. The first-order valence-electron chi connectivity index (χ1n) is 5.04. The van der Waals surface area contributed by atoms with Crippen molar-refractivity contribution in [3.05, 3.63) is 34.9 Å². The number of benzene rings is 1. The zero-order valence-corrected chi connectivity index (χ0v) is 9.46. The molecule has 0 spiro atoms. The third kappa shape index (κ3) is 2.91. The molecule has 1 atom stereocenters. The highest BCUT2D eigenvalue weighted by molar-refractivity contribution is 6.30. The summed E-state index contributed by atoms with van der Waals surface area (Å²) in [5.74, 6) is -1.78. The predicted octanol–water partition coefficient (Wildman–Crippen LogP) is 3.36. The van der Waals surface area contributed by atoms with Gasteiger partial charge in [0.05, 0.1) is 13.2 Å². The molecule has 1 fully saturated rings. The molecular weight excluding hydrogens is 257 g/mol. The van der Waals surface area contributed by atoms with Crippen molar-refractivity contribution >= 4 is 11.6 Å². The average molecular weight is 267 g/mol. The summed E-state index contributed by atoms with van der Waals surface area (Å²) in [4.78, 5) is 0. The van der Waals surface area contributed by atoms with E-state index in [1.54, 1.807) is 0 Å². The highest BCUT2D eigenvalue weighted by Crippen LogP contribution is 2.40. The Hall–Kier alpha value is -0.780. The number of halogens is 4. The lowest BCUT2D eigenvalue weighted by molar-refractivity contribution is -0.207. The molecule has 17 heavy (non-hydrogen) atoms. The van der Waals surface area contributed by atoms with E-state index < -0.39 is 18.4 Å². The van der Waals surface area contributed by atoms with E-state index in [0.717, 1.165) is 0 Å². The van der Waals surface area contributed by atoms with Crippen LogP contribution in [0.4, 0.5) is 13.2 Å². The minimum atomic E-state index is -4.41. The van der Waals surface area contributed by atoms with Gasteiger partial charge >= 0.3 is 6.18 Å². The summed E-state index contributed by atoms with van der Waals surface area (Å²) in [5.41, 5.74) is 0.0915. The van der Waals surface area contributed by atoms with E-state index in [1.165, 1.54) is 24.3 Å². The first kappa shape index (κ1) is 12.7. The van der Waals surface area contributed by atoms with E-state index in [4.69, 9.17) is 21.1 Å². The van der Waals surface area contributed by atoms with E-state index in [1.807, 2.05) is 0 Å². The van der Waals surface area contributed by atoms with Crippen LogP contribution in [0.3, 0.4) is 0 Å². The van der Waals surface area contributed by atoms with Gasteiger partial charge in [0.1, 0.15) is 5.92 Å². The number of ether oxygens (including phenoxy) is 2. The van der Waals surface area contributed by atoms with Gasteiger partial charge in [0, 0.05) is 5.02 Å². The number of hydrogen-bond acceptors (Lipinski definition) is 2. The fourth-order valence-electron chi connectivity index (χ4n) is 1.74. The van der Waals surface area contributed by atoms with Crippen LogP contribution in [0, 0.1) is 0 Å². The van der Waals surface area contributed by atoms with Crippen molar-refractivity contribution in [1.29, 1.82) is 0 Å². The second-order valence-electron chi connectivity index (χ2n) is 3.68. The molecule has 1 saturated heterocycles. The van der Waals surface area contributed by atoms with E-state index in [0.29, 0.717) is 5.02 Å². The van der Waals surface area contributed by atoms with Gasteiger partial charge in [-0.3, -0.25) is 0 Å². The van der Waals surface area contributed by atoms with Gasteiger partial charge in [-0.15, -0.1) is 0 Å². The second kappa shape index (κ2) is 4.84. The van der Waals surface area contributed by atoms with Gasteiger partial charge in [0.2, 0.25) is 0 Å². The van der Waals surface area contributed by atoms with Crippen molar-refractivity contribution in [2.45, 2.75) is 18.4 Å². The predicted molar refractivity (Wildman–Crippen MR) is 55.9 cm³/mol. The molecule has 1 aromatic carbocycles. The van der Waals surface area contributed by atoms with Gasteiger partial charge < -0.3 is 9.47 Å². The maximum Gasteiger partial charge on any atom is 0.400 e. The van der Waals surface area contributed by atoms with Crippen molar-refractivity contribution in [1.82, 2.24) is 0 Å². The topological polar surface area (TPSA) is 18.5 Å². The molecule has 1 aromatic rings. The number of hydrogen-bond donors (Lipinski definition) is 0. The van der Waals surface area contributed by atoms with Gasteiger partial charge in [-0.2, -0.15) is 13.2 Å². The van der Waals surface area contributed by atoms with Gasteiger partial charge in [-0.1, -0.05) is 23.7 Å². The molecule has 0 N–H and O–H groups in total. The largest absolute Gasteiger partial charge is 0.400 e. The Bertz CT molecular complexity index is 371. The average Bonchev–Trinajstić information content (AvgIpc) is 2.72. The number of rotatable bonds is 2. The van der Waals surface area contributed by atoms with Crippen LogP contribution in [0.1, 0.15) is 11.5 Å². The van der Waals surface area contributed by atoms with Gasteiger partial charge in [-0.25, -0.2) is 0 Å². The summed E-state index contributed by atoms with van der Waals surface area (Å²) >= 11 is 5.65. The molecule has 1 unspecified atom stereocenters. The molecule has 0 amide bonds. The smallest absolute Gasteiger partial charge is 0.349 e. The van der Waals surface area contributed by atoms with Gasteiger partial charge in [0.15, 0.2) is 6.29 Å². The highest BCUT2D eigenvalue weighted by atomic mass is 35.5. The summed E-state index contributed by atoms with van der Waals surface area (Å²) in [6.07, 6.45) is -5.68. The standard InChI is InChI=1S/C11H10ClF3O2/c12-8-3-1-7(2-4-8)9(11(13,14)15)10-16-5-6-17-10/h1-4,9-10H,5-6H2. The van der Waals surface area contributed by atoms with Crippen LogP contribution < -0.4 is 0 Å². The molecule has 0 bridgehead atoms. The molecule has 1 aliphatic rings. The Morgan fingerprint density at radius 2 is 1.65 bits per heavy atom. The quantitative estimate of drug-likeness (QED) is 0.817. The molecule has 0 aliphatic carbocycles. The Labute approximate surface area is 101 Å². The SMILES string of the molecule is FC(F)(F)C(c1ccc(Cl)cc1)C1OCCO1. The molecule has 1 heterocycles. The fourth-order valence-corrected chi connectivity index (χ4v) is 1.87. The minimum Gasteiger partial charge on any atom is -0.349 e. The Kier molecular flexibility index (Phi) is 3.61. The van der Waals surface area contributed by atoms with Crippen LogP contribution in [0.5, 0.6) is 0 Å². The van der Waals surface area contributed by atoms with Crippen LogP contribution in [-0.2, 0) is 9.47 Å². The lowest BCUT2D eigenvalue weighted by atomic mass is 9.98. The fraction of sp³-hybridized carbons (Fsp3) is 0.455. The van der Waals surface area contributed by atoms with Crippen LogP contribution in [0.2, 0.25) is 5.02 Å². The third-order valence-corrected chi connectivity index (χ3v) is 2.75. The lowest BCUT2D eigenvalue weighted by Gasteiger charge is -2.25. The Balaban J connectivity index is 2.29. The van der Waals surface area contributed by atoms with Crippen LogP contribution in [0.25, 0.3) is 0 Å². The first-order chi connectivity index (χ1) is 7.98. The number of alkyl halides is 3. The zero-order chi connectivity index (χ0) is 12.5. The molecular formula is C11H10ClF3O2. The van der Waals surface area contributed by atoms with Crippen LogP contribution >= 0.6 is 11.6 Å². The van der Waals surface area contributed by atoms with Crippen LogP contribution in [0.15, 0.2) is 24.3 Å². The van der Waals surface area contributed by atoms with Crippen molar-refractivity contribution in [2.24, 2.45) is 0 Å². The molecule has 2 rings (SSSR count). The van der Waals surface area contributed by atoms with Crippen molar-refractivity contribution < 1.29 is 22.6 Å². The maximum absolute atomic E-state index is 13.0.